The largest absolute Gasteiger partial charge is 0.355 e. The predicted molar refractivity (Wildman–Crippen MR) is 101 cm³/mol. The van der Waals surface area contributed by atoms with Crippen LogP contribution in [0.3, 0.4) is 0 Å². The maximum absolute atomic E-state index is 12.1. The zero-order valence-electron chi connectivity index (χ0n) is 14.9. The number of nitrogens with zero attached hydrogens (tertiary/aromatic N) is 2. The van der Waals surface area contributed by atoms with Crippen molar-refractivity contribution in [1.29, 1.82) is 0 Å². The molecule has 1 aromatic carbocycles. The van der Waals surface area contributed by atoms with Gasteiger partial charge in [0.05, 0.1) is 6.42 Å². The molecule has 1 aliphatic rings. The molecule has 0 saturated carbocycles. The average Bonchev–Trinajstić information content (AvgIpc) is 3.15. The second-order valence-electron chi connectivity index (χ2n) is 7.05. The summed E-state index contributed by atoms with van der Waals surface area (Å²) in [4.78, 5) is 14.7. The lowest BCUT2D eigenvalue weighted by Gasteiger charge is -2.32. The number of rotatable bonds is 8. The summed E-state index contributed by atoms with van der Waals surface area (Å²) in [6, 6.07) is 14.1. The second kappa shape index (κ2) is 9.42. The molecule has 134 valence electrons. The van der Waals surface area contributed by atoms with Crippen LogP contribution < -0.4 is 5.32 Å². The topological polar surface area (TPSA) is 37.3 Å². The monoisotopic (exact) mass is 339 g/mol. The highest BCUT2D eigenvalue weighted by atomic mass is 16.1. The van der Waals surface area contributed by atoms with Crippen LogP contribution in [0.1, 0.15) is 24.8 Å². The molecule has 2 heterocycles. The van der Waals surface area contributed by atoms with E-state index in [1.807, 2.05) is 30.3 Å². The molecule has 0 radical (unpaired) electrons. The van der Waals surface area contributed by atoms with Crippen LogP contribution in [0.15, 0.2) is 54.9 Å². The molecular formula is C21H29N3O. The first-order valence-electron chi connectivity index (χ1n) is 9.43. The van der Waals surface area contributed by atoms with E-state index in [1.165, 1.54) is 25.8 Å². The highest BCUT2D eigenvalue weighted by Crippen LogP contribution is 2.16. The molecule has 1 amide bonds. The molecule has 1 atom stereocenters. The Bertz CT molecular complexity index is 624. The Morgan fingerprint density at radius 2 is 1.88 bits per heavy atom. The average molecular weight is 339 g/mol. The number of amides is 1. The van der Waals surface area contributed by atoms with Crippen molar-refractivity contribution in [3.63, 3.8) is 0 Å². The predicted octanol–water partition coefficient (Wildman–Crippen LogP) is 2.95. The number of nitrogens with one attached hydrogen (secondary N) is 1. The van der Waals surface area contributed by atoms with Gasteiger partial charge in [-0.1, -0.05) is 30.3 Å². The minimum atomic E-state index is 0.135. The van der Waals surface area contributed by atoms with Crippen LogP contribution in [0.2, 0.25) is 0 Å². The van der Waals surface area contributed by atoms with Gasteiger partial charge in [-0.05, 0) is 56.0 Å². The van der Waals surface area contributed by atoms with Crippen molar-refractivity contribution in [1.82, 2.24) is 14.8 Å². The minimum absolute atomic E-state index is 0.135. The lowest BCUT2D eigenvalue weighted by molar-refractivity contribution is -0.120. The summed E-state index contributed by atoms with van der Waals surface area (Å²) in [5, 5.41) is 3.13. The van der Waals surface area contributed by atoms with Crippen LogP contribution in [-0.2, 0) is 17.8 Å². The van der Waals surface area contributed by atoms with Crippen molar-refractivity contribution < 1.29 is 4.79 Å². The van der Waals surface area contributed by atoms with Crippen molar-refractivity contribution in [2.75, 3.05) is 26.2 Å². The molecule has 0 spiro atoms. The molecule has 1 N–H and O–H groups in total. The lowest BCUT2D eigenvalue weighted by Crippen LogP contribution is -2.41. The molecular weight excluding hydrogens is 310 g/mol. The third kappa shape index (κ3) is 6.05. The molecule has 1 saturated heterocycles. The van der Waals surface area contributed by atoms with E-state index in [0.29, 0.717) is 12.3 Å². The maximum atomic E-state index is 12.1. The summed E-state index contributed by atoms with van der Waals surface area (Å²) in [5.41, 5.74) is 1.08. The van der Waals surface area contributed by atoms with Gasteiger partial charge in [0, 0.05) is 32.0 Å². The van der Waals surface area contributed by atoms with Crippen molar-refractivity contribution in [2.24, 2.45) is 5.92 Å². The number of aromatic nitrogens is 1. The van der Waals surface area contributed by atoms with Gasteiger partial charge < -0.3 is 14.8 Å². The molecule has 0 bridgehead atoms. The standard InChI is InChI=1S/C21H29N3O/c25-21(16-19-8-2-1-3-9-19)22-17-20-10-6-13-24(18-20)15-7-14-23-11-4-5-12-23/h1-5,8-9,11-12,20H,6-7,10,13-18H2,(H,22,25). The number of piperidine rings is 1. The molecule has 4 heteroatoms. The first kappa shape index (κ1) is 17.7. The third-order valence-electron chi connectivity index (χ3n) is 4.96. The van der Waals surface area contributed by atoms with Gasteiger partial charge >= 0.3 is 0 Å². The van der Waals surface area contributed by atoms with E-state index in [4.69, 9.17) is 0 Å². The Kier molecular flexibility index (Phi) is 6.69. The van der Waals surface area contributed by atoms with Crippen molar-refractivity contribution >= 4 is 5.91 Å². The zero-order chi connectivity index (χ0) is 17.3. The molecule has 1 aliphatic heterocycles. The Morgan fingerprint density at radius 3 is 2.68 bits per heavy atom. The van der Waals surface area contributed by atoms with Gasteiger partial charge in [-0.3, -0.25) is 4.79 Å². The van der Waals surface area contributed by atoms with Crippen molar-refractivity contribution in [3.05, 3.63) is 60.4 Å². The van der Waals surface area contributed by atoms with Crippen molar-refractivity contribution in [2.45, 2.75) is 32.2 Å². The molecule has 1 fully saturated rings. The fraction of sp³-hybridized carbons (Fsp3) is 0.476. The van der Waals surface area contributed by atoms with Gasteiger partial charge in [-0.2, -0.15) is 0 Å². The highest BCUT2D eigenvalue weighted by molar-refractivity contribution is 5.78. The first-order chi connectivity index (χ1) is 12.3. The molecule has 0 aliphatic carbocycles. The zero-order valence-corrected chi connectivity index (χ0v) is 14.9. The van der Waals surface area contributed by atoms with E-state index < -0.39 is 0 Å². The fourth-order valence-electron chi connectivity index (χ4n) is 3.62. The normalized spacial score (nSPS) is 18.2. The van der Waals surface area contributed by atoms with Gasteiger partial charge in [0.25, 0.3) is 0 Å². The van der Waals surface area contributed by atoms with Crippen LogP contribution in [0, 0.1) is 5.92 Å². The van der Waals surface area contributed by atoms with Gasteiger partial charge in [-0.15, -0.1) is 0 Å². The molecule has 2 aromatic rings. The summed E-state index contributed by atoms with van der Waals surface area (Å²) >= 11 is 0. The molecule has 1 unspecified atom stereocenters. The van der Waals surface area contributed by atoms with E-state index in [1.54, 1.807) is 0 Å². The summed E-state index contributed by atoms with van der Waals surface area (Å²) in [6.07, 6.45) is 8.38. The Labute approximate surface area is 150 Å². The number of aryl methyl sites for hydroxylation is 1. The van der Waals surface area contributed by atoms with E-state index in [-0.39, 0.29) is 5.91 Å². The SMILES string of the molecule is O=C(Cc1ccccc1)NCC1CCCN(CCCn2cccc2)C1. The summed E-state index contributed by atoms with van der Waals surface area (Å²) < 4.78 is 2.24. The van der Waals surface area contributed by atoms with E-state index >= 15 is 0 Å². The fourth-order valence-corrected chi connectivity index (χ4v) is 3.62. The second-order valence-corrected chi connectivity index (χ2v) is 7.05. The van der Waals surface area contributed by atoms with Crippen LogP contribution in [0.5, 0.6) is 0 Å². The number of likely N-dealkylation sites (tertiary alicyclic amines) is 1. The molecule has 1 aromatic heterocycles. The molecule has 3 rings (SSSR count). The van der Waals surface area contributed by atoms with E-state index in [0.717, 1.165) is 31.7 Å². The van der Waals surface area contributed by atoms with Crippen LogP contribution in [-0.4, -0.2) is 41.6 Å². The smallest absolute Gasteiger partial charge is 0.224 e. The van der Waals surface area contributed by atoms with Crippen LogP contribution >= 0.6 is 0 Å². The Hall–Kier alpha value is -2.07. The highest BCUT2D eigenvalue weighted by Gasteiger charge is 2.20. The third-order valence-corrected chi connectivity index (χ3v) is 4.96. The quantitative estimate of drug-likeness (QED) is 0.803. The number of carbonyl (C=O) groups is 1. The lowest BCUT2D eigenvalue weighted by atomic mass is 9.97. The molecule has 25 heavy (non-hydrogen) atoms. The number of benzene rings is 1. The van der Waals surface area contributed by atoms with Gasteiger partial charge in [-0.25, -0.2) is 0 Å². The van der Waals surface area contributed by atoms with E-state index in [9.17, 15) is 4.79 Å². The number of hydrogen-bond donors (Lipinski definition) is 1. The number of carbonyl (C=O) groups excluding carboxylic acids is 1. The Morgan fingerprint density at radius 1 is 1.08 bits per heavy atom. The maximum Gasteiger partial charge on any atom is 0.224 e. The van der Waals surface area contributed by atoms with Crippen molar-refractivity contribution in [3.8, 4) is 0 Å². The van der Waals surface area contributed by atoms with Gasteiger partial charge in [0.15, 0.2) is 0 Å². The summed E-state index contributed by atoms with van der Waals surface area (Å²) in [7, 11) is 0. The van der Waals surface area contributed by atoms with Gasteiger partial charge in [0.1, 0.15) is 0 Å². The number of hydrogen-bond acceptors (Lipinski definition) is 2. The van der Waals surface area contributed by atoms with Crippen LogP contribution in [0.25, 0.3) is 0 Å². The summed E-state index contributed by atoms with van der Waals surface area (Å²) in [6.45, 7) is 5.34. The minimum Gasteiger partial charge on any atom is -0.355 e. The first-order valence-corrected chi connectivity index (χ1v) is 9.43. The van der Waals surface area contributed by atoms with E-state index in [2.05, 4.69) is 39.3 Å². The Balaban J connectivity index is 1.34. The summed E-state index contributed by atoms with van der Waals surface area (Å²) in [5.74, 6) is 0.719. The van der Waals surface area contributed by atoms with Crippen LogP contribution in [0.4, 0.5) is 0 Å². The van der Waals surface area contributed by atoms with Gasteiger partial charge in [0.2, 0.25) is 5.91 Å². The molecule has 4 nitrogen and oxygen atoms in total.